The van der Waals surface area contributed by atoms with Crippen LogP contribution in [-0.2, 0) is 25.7 Å². The van der Waals surface area contributed by atoms with Crippen LogP contribution in [0.25, 0.3) is 132 Å². The molecule has 0 amide bonds. The van der Waals surface area contributed by atoms with Crippen LogP contribution in [-0.4, -0.2) is 31.2 Å². The smallest absolute Gasteiger partial charge is 0.161 e. The van der Waals surface area contributed by atoms with Crippen LogP contribution in [0.3, 0.4) is 0 Å². The average molecular weight is 1930 g/mol. The zero-order valence-electron chi connectivity index (χ0n) is 66.1. The Labute approximate surface area is 755 Å². The van der Waals surface area contributed by atoms with Gasteiger partial charge in [0, 0.05) is 96.7 Å². The first-order chi connectivity index (χ1) is 56.4. The number of carbonyl (C=O) groups is 1. The van der Waals surface area contributed by atoms with Gasteiger partial charge >= 0.3 is 0 Å². The molecule has 23 heteroatoms. The number of carbonyl (C=O) groups excluding carboxylic acids is 1. The van der Waals surface area contributed by atoms with E-state index in [1.807, 2.05) is 102 Å². The monoisotopic (exact) mass is 1920 g/mol. The molecule has 0 spiro atoms. The Bertz CT molecular complexity index is 5440. The predicted molar refractivity (Wildman–Crippen MR) is 531 cm³/mol. The fourth-order valence-electron chi connectivity index (χ4n) is 14.7. The van der Waals surface area contributed by atoms with Crippen LogP contribution in [0.15, 0.2) is 162 Å². The highest BCUT2D eigenvalue weighted by Crippen LogP contribution is 2.55. The molecule has 0 bridgehead atoms. The third-order valence-corrected chi connectivity index (χ3v) is 38.2. The minimum atomic E-state index is 0.650. The molecule has 598 valence electrons. The second-order valence-electron chi connectivity index (χ2n) is 29.0. The second kappa shape index (κ2) is 42.7. The maximum absolute atomic E-state index is 9.97. The van der Waals surface area contributed by atoms with Crippen LogP contribution < -0.4 is 0 Å². The van der Waals surface area contributed by atoms with Crippen molar-refractivity contribution in [3.05, 3.63) is 187 Å². The topological polar surface area (TPSA) is 81.5 Å². The first-order valence-electron chi connectivity index (χ1n) is 40.3. The Kier molecular flexibility index (Phi) is 32.1. The van der Waals surface area contributed by atoms with Crippen LogP contribution in [0.1, 0.15) is 187 Å². The van der Waals surface area contributed by atoms with Crippen LogP contribution in [0.5, 0.6) is 0 Å². The molecule has 17 rings (SSSR count). The molecule has 15 heterocycles. The number of benzene rings is 2. The molecule has 0 radical (unpaired) electrons. The van der Waals surface area contributed by atoms with Gasteiger partial charge in [0.05, 0.1) is 70.3 Å². The predicted octanol–water partition coefficient (Wildman–Crippen LogP) is 36.6. The molecular formula is C92H95Br2N5OS15. The van der Waals surface area contributed by atoms with E-state index >= 15 is 0 Å². The van der Waals surface area contributed by atoms with E-state index in [1.165, 1.54) is 256 Å². The van der Waals surface area contributed by atoms with E-state index in [-0.39, 0.29) is 0 Å². The van der Waals surface area contributed by atoms with Crippen LogP contribution in [0.2, 0.25) is 0 Å². The van der Waals surface area contributed by atoms with Gasteiger partial charge in [-0.15, -0.1) is 170 Å². The third kappa shape index (κ3) is 21.4. The van der Waals surface area contributed by atoms with E-state index in [0.29, 0.717) is 4.88 Å². The fourth-order valence-corrected chi connectivity index (χ4v) is 30.7. The molecule has 6 nitrogen and oxygen atoms in total. The molecule has 17 aromatic rings. The van der Waals surface area contributed by atoms with Crippen LogP contribution >= 0.6 is 202 Å². The van der Waals surface area contributed by atoms with Gasteiger partial charge in [-0.2, -0.15) is 0 Å². The lowest BCUT2D eigenvalue weighted by atomic mass is 9.95. The van der Waals surface area contributed by atoms with Crippen molar-refractivity contribution in [2.75, 3.05) is 0 Å². The van der Waals surface area contributed by atoms with Gasteiger partial charge in [-0.1, -0.05) is 176 Å². The van der Waals surface area contributed by atoms with Gasteiger partial charge in [-0.3, -0.25) is 4.79 Å². The molecule has 0 aliphatic rings. The Balaban J connectivity index is 0.000000162. The summed E-state index contributed by atoms with van der Waals surface area (Å²) in [6.07, 6.45) is 27.6. The van der Waals surface area contributed by atoms with Crippen molar-refractivity contribution in [2.24, 2.45) is 23.7 Å². The lowest BCUT2D eigenvalue weighted by Gasteiger charge is -2.13. The van der Waals surface area contributed by atoms with E-state index in [0.717, 1.165) is 78.8 Å². The zero-order valence-corrected chi connectivity index (χ0v) is 81.5. The number of rotatable bonds is 34. The summed E-state index contributed by atoms with van der Waals surface area (Å²) in [4.78, 5) is 57.3. The van der Waals surface area contributed by atoms with Gasteiger partial charge in [-0.25, -0.2) is 24.9 Å². The summed E-state index contributed by atoms with van der Waals surface area (Å²) in [6.45, 7) is 18.6. The van der Waals surface area contributed by atoms with Crippen molar-refractivity contribution >= 4 is 249 Å². The van der Waals surface area contributed by atoms with Gasteiger partial charge in [0.1, 0.15) is 10.0 Å². The number of halogens is 2. The number of nitrogens with zero attached hydrogens (tertiary/aromatic N) is 5. The number of aldehydes is 1. The summed E-state index contributed by atoms with van der Waals surface area (Å²) in [7, 11) is 0. The van der Waals surface area contributed by atoms with Crippen LogP contribution in [0.4, 0.5) is 0 Å². The largest absolute Gasteiger partial charge is 0.297 e. The third-order valence-electron chi connectivity index (χ3n) is 21.1. The standard InChI is InChI=1S/C48H48N2S8.C32H40N2S4.C8H5BrS2.C4H2BrNOS/c1-5-9-13-29(7-3)27-31-17-19-37(53-31)41-43-46(58-47(49-43)39-23-21-35(55-39)33-15-11-25-51-33)42(38-20-18-32(54-38)28-30(8-4)14-10-6-2)44-45(41)57-48(50-44)40-24-22-36(56-40)34-16-12-26-52-34;1-5-9-11-21(7-3)17-23-13-15-25(37-23)27-29-32(36-19-33-29)28(30-31(27)35-20-34-30)26-16-14-24(38-26)18-22(8-4)12-10-6-2;9-8-4-3-7(11-8)6-2-1-5-10-6;5-4-6-1-3(2-7)8-4/h11-12,15-26,29-30H,5-10,13-14,27-28H2,1-4H3;13-16,19-22H,5-12,17-18H2,1-4H3;1-5H;1-2H. The van der Waals surface area contributed by atoms with Crippen molar-refractivity contribution < 1.29 is 4.79 Å². The molecule has 15 aromatic heterocycles. The van der Waals surface area contributed by atoms with Crippen molar-refractivity contribution in [3.8, 4) is 90.8 Å². The van der Waals surface area contributed by atoms with Gasteiger partial charge < -0.3 is 0 Å². The lowest BCUT2D eigenvalue weighted by Crippen LogP contribution is -2.01. The van der Waals surface area contributed by atoms with Gasteiger partial charge in [0.2, 0.25) is 0 Å². The van der Waals surface area contributed by atoms with Crippen LogP contribution in [0, 0.1) is 23.7 Å². The Hall–Kier alpha value is -4.74. The molecule has 115 heavy (non-hydrogen) atoms. The Morgan fingerprint density at radius 3 is 0.965 bits per heavy atom. The maximum Gasteiger partial charge on any atom is 0.161 e. The summed E-state index contributed by atoms with van der Waals surface area (Å²) in [5, 5.41) is 8.64. The van der Waals surface area contributed by atoms with E-state index < -0.39 is 0 Å². The first-order valence-corrected chi connectivity index (χ1v) is 54.4. The Morgan fingerprint density at radius 2 is 0.670 bits per heavy atom. The van der Waals surface area contributed by atoms with E-state index in [9.17, 15) is 4.79 Å². The highest BCUT2D eigenvalue weighted by molar-refractivity contribution is 9.11. The van der Waals surface area contributed by atoms with Crippen molar-refractivity contribution in [3.63, 3.8) is 0 Å². The number of hydrogen-bond donors (Lipinski definition) is 0. The normalized spacial score (nSPS) is 12.7. The molecular weight excluding hydrogens is 1830 g/mol. The summed E-state index contributed by atoms with van der Waals surface area (Å²) in [5.74, 6) is 3.03. The number of unbranched alkanes of at least 4 members (excludes halogenated alkanes) is 4. The molecule has 0 N–H and O–H groups in total. The molecule has 4 atom stereocenters. The van der Waals surface area contributed by atoms with E-state index in [1.54, 1.807) is 68.0 Å². The van der Waals surface area contributed by atoms with Crippen molar-refractivity contribution in [2.45, 2.75) is 184 Å². The number of thiophene rings is 10. The molecule has 2 aromatic carbocycles. The van der Waals surface area contributed by atoms with E-state index in [2.05, 4.69) is 230 Å². The highest BCUT2D eigenvalue weighted by atomic mass is 79.9. The molecule has 4 unspecified atom stereocenters. The van der Waals surface area contributed by atoms with Gasteiger partial charge in [0.15, 0.2) is 10.2 Å². The minimum absolute atomic E-state index is 0.650. The molecule has 0 saturated heterocycles. The van der Waals surface area contributed by atoms with Crippen molar-refractivity contribution in [1.29, 1.82) is 0 Å². The van der Waals surface area contributed by atoms with E-state index in [4.69, 9.17) is 19.9 Å². The fraction of sp³-hybridized carbons (Fsp3) is 0.348. The number of aromatic nitrogens is 5. The summed E-state index contributed by atoms with van der Waals surface area (Å²) < 4.78 is 7.05. The number of fused-ring (bicyclic) bond motifs is 4. The highest BCUT2D eigenvalue weighted by Gasteiger charge is 2.29. The van der Waals surface area contributed by atoms with Gasteiger partial charge in [0.25, 0.3) is 0 Å². The van der Waals surface area contributed by atoms with Gasteiger partial charge in [-0.05, 0) is 200 Å². The molecule has 0 fully saturated rings. The summed E-state index contributed by atoms with van der Waals surface area (Å²) in [5.41, 5.74) is 13.7. The number of thiazole rings is 5. The molecule has 0 aliphatic carbocycles. The first kappa shape index (κ1) is 86.6. The SMILES string of the molecule is Brc1ccc(-c2cccs2)s1.CCCCC(CC)Cc1ccc(-c2c3nc(-c4ccc(-c5cccs5)s4)sc3c(-c3ccc(CC(CC)CCCC)s3)c3nc(-c4ccc(-c5cccs5)s4)sc23)s1.CCCCC(CC)Cc1ccc(-c2c3ncsc3c(-c3ccc(CC(CC)CCCC)s3)c3ncsc23)s1.O=Cc1cnc(Br)s1. The zero-order chi connectivity index (χ0) is 79.7. The molecule has 0 aliphatic heterocycles. The summed E-state index contributed by atoms with van der Waals surface area (Å²) >= 11 is 33.9. The average Bonchev–Trinajstić information content (AvgIpc) is 1.58. The Morgan fingerprint density at radius 1 is 0.330 bits per heavy atom. The second-order valence-corrected chi connectivity index (χ2v) is 47.2. The quantitative estimate of drug-likeness (QED) is 0.0374. The number of hydrogen-bond acceptors (Lipinski definition) is 21. The maximum atomic E-state index is 9.97. The minimum Gasteiger partial charge on any atom is -0.297 e. The lowest BCUT2D eigenvalue weighted by molar-refractivity contribution is 0.112. The van der Waals surface area contributed by atoms with Crippen molar-refractivity contribution in [1.82, 2.24) is 24.9 Å². The summed E-state index contributed by atoms with van der Waals surface area (Å²) in [6, 6.07) is 45.3. The molecule has 0 saturated carbocycles.